The summed E-state index contributed by atoms with van der Waals surface area (Å²) in [5, 5.41) is 4.94. The maximum absolute atomic E-state index is 11.6. The quantitative estimate of drug-likeness (QED) is 0.806. The molecule has 110 valence electrons. The standard InChI is InChI=1S/C14H16N2O2.2H2O/c17-14-13-2-1-12(9-10(13)3-8-16-14)18-11-4-6-15-7-5-11;;/h1-3,8-9,11,15H,4-7H2,(H,16,17);2*1H2. The molecule has 1 aromatic carbocycles. The molecule has 2 heterocycles. The summed E-state index contributed by atoms with van der Waals surface area (Å²) in [5.41, 5.74) is -0.0547. The molecule has 0 aliphatic carbocycles. The Morgan fingerprint density at radius 1 is 1.10 bits per heavy atom. The van der Waals surface area contributed by atoms with Crippen LogP contribution in [0.4, 0.5) is 0 Å². The molecule has 0 radical (unpaired) electrons. The molecular formula is C14H20N2O4. The van der Waals surface area contributed by atoms with Crippen LogP contribution < -0.4 is 15.6 Å². The van der Waals surface area contributed by atoms with Crippen LogP contribution in [-0.4, -0.2) is 35.1 Å². The van der Waals surface area contributed by atoms with Gasteiger partial charge in [0.15, 0.2) is 0 Å². The fraction of sp³-hybridized carbons (Fsp3) is 0.357. The van der Waals surface area contributed by atoms with Gasteiger partial charge in [-0.05, 0) is 55.6 Å². The summed E-state index contributed by atoms with van der Waals surface area (Å²) in [7, 11) is 0. The Morgan fingerprint density at radius 3 is 2.60 bits per heavy atom. The van der Waals surface area contributed by atoms with Crippen LogP contribution in [0.3, 0.4) is 0 Å². The van der Waals surface area contributed by atoms with Gasteiger partial charge in [-0.15, -0.1) is 0 Å². The smallest absolute Gasteiger partial charge is 0.255 e. The second-order valence-electron chi connectivity index (χ2n) is 4.62. The summed E-state index contributed by atoms with van der Waals surface area (Å²) < 4.78 is 5.95. The number of piperidine rings is 1. The van der Waals surface area contributed by atoms with Gasteiger partial charge in [0, 0.05) is 11.6 Å². The van der Waals surface area contributed by atoms with Crippen molar-refractivity contribution in [3.63, 3.8) is 0 Å². The molecule has 20 heavy (non-hydrogen) atoms. The minimum atomic E-state index is -0.0547. The van der Waals surface area contributed by atoms with Crippen LogP contribution in [0, 0.1) is 0 Å². The SMILES string of the molecule is O.O.O=c1[nH]ccc2cc(OC3CCNCC3)ccc12. The number of fused-ring (bicyclic) bond motifs is 1. The molecule has 0 unspecified atom stereocenters. The van der Waals surface area contributed by atoms with E-state index in [4.69, 9.17) is 4.74 Å². The van der Waals surface area contributed by atoms with Crippen molar-refractivity contribution in [1.82, 2.24) is 10.3 Å². The average molecular weight is 280 g/mol. The third-order valence-electron chi connectivity index (χ3n) is 3.33. The first kappa shape index (κ1) is 16.2. The number of aromatic amines is 1. The summed E-state index contributed by atoms with van der Waals surface area (Å²) >= 11 is 0. The van der Waals surface area contributed by atoms with Gasteiger partial charge in [0.1, 0.15) is 11.9 Å². The molecule has 2 aromatic rings. The van der Waals surface area contributed by atoms with Gasteiger partial charge in [-0.1, -0.05) is 0 Å². The van der Waals surface area contributed by atoms with E-state index in [9.17, 15) is 4.79 Å². The van der Waals surface area contributed by atoms with Gasteiger partial charge in [0.25, 0.3) is 5.56 Å². The zero-order chi connectivity index (χ0) is 12.4. The number of hydrogen-bond donors (Lipinski definition) is 2. The number of hydrogen-bond acceptors (Lipinski definition) is 3. The first-order valence-electron chi connectivity index (χ1n) is 6.32. The molecule has 1 saturated heterocycles. The van der Waals surface area contributed by atoms with Gasteiger partial charge in [-0.3, -0.25) is 4.79 Å². The van der Waals surface area contributed by atoms with Gasteiger partial charge in [0.05, 0.1) is 0 Å². The van der Waals surface area contributed by atoms with Gasteiger partial charge in [0.2, 0.25) is 0 Å². The van der Waals surface area contributed by atoms with Crippen molar-refractivity contribution in [2.45, 2.75) is 18.9 Å². The molecule has 6 nitrogen and oxygen atoms in total. The maximum Gasteiger partial charge on any atom is 0.255 e. The first-order chi connectivity index (χ1) is 8.83. The van der Waals surface area contributed by atoms with Crippen molar-refractivity contribution in [1.29, 1.82) is 0 Å². The first-order valence-corrected chi connectivity index (χ1v) is 6.32. The maximum atomic E-state index is 11.6. The van der Waals surface area contributed by atoms with Crippen molar-refractivity contribution in [2.75, 3.05) is 13.1 Å². The van der Waals surface area contributed by atoms with Crippen LogP contribution in [0.5, 0.6) is 5.75 Å². The van der Waals surface area contributed by atoms with Crippen LogP contribution in [-0.2, 0) is 0 Å². The Bertz CT molecular complexity index is 605. The van der Waals surface area contributed by atoms with Gasteiger partial charge in [-0.2, -0.15) is 0 Å². The number of rotatable bonds is 2. The lowest BCUT2D eigenvalue weighted by atomic mass is 10.1. The predicted molar refractivity (Wildman–Crippen MR) is 78.3 cm³/mol. The molecule has 0 amide bonds. The van der Waals surface area contributed by atoms with E-state index in [1.807, 2.05) is 24.3 Å². The Labute approximate surface area is 116 Å². The number of H-pyrrole nitrogens is 1. The van der Waals surface area contributed by atoms with Crippen molar-refractivity contribution < 1.29 is 15.7 Å². The largest absolute Gasteiger partial charge is 0.490 e. The lowest BCUT2D eigenvalue weighted by molar-refractivity contribution is 0.162. The Kier molecular flexibility index (Phi) is 5.69. The molecular weight excluding hydrogens is 260 g/mol. The van der Waals surface area contributed by atoms with E-state index >= 15 is 0 Å². The number of aromatic nitrogens is 1. The summed E-state index contributed by atoms with van der Waals surface area (Å²) in [6, 6.07) is 7.53. The van der Waals surface area contributed by atoms with E-state index in [1.165, 1.54) is 0 Å². The highest BCUT2D eigenvalue weighted by Gasteiger charge is 2.14. The van der Waals surface area contributed by atoms with E-state index in [1.54, 1.807) is 6.20 Å². The van der Waals surface area contributed by atoms with E-state index in [0.717, 1.165) is 37.1 Å². The van der Waals surface area contributed by atoms with Crippen LogP contribution in [0.15, 0.2) is 35.3 Å². The fourth-order valence-electron chi connectivity index (χ4n) is 2.35. The van der Waals surface area contributed by atoms with E-state index in [-0.39, 0.29) is 22.6 Å². The zero-order valence-corrected chi connectivity index (χ0v) is 11.1. The molecule has 1 aliphatic heterocycles. The molecule has 1 aliphatic rings. The second-order valence-corrected chi connectivity index (χ2v) is 4.62. The highest BCUT2D eigenvalue weighted by Crippen LogP contribution is 2.21. The van der Waals surface area contributed by atoms with Crippen molar-refractivity contribution >= 4 is 10.8 Å². The molecule has 0 bridgehead atoms. The second kappa shape index (κ2) is 7.04. The van der Waals surface area contributed by atoms with Gasteiger partial charge in [-0.25, -0.2) is 0 Å². The van der Waals surface area contributed by atoms with Crippen molar-refractivity contribution in [3.8, 4) is 5.75 Å². The molecule has 1 aromatic heterocycles. The predicted octanol–water partition coefficient (Wildman–Crippen LogP) is 0.00950. The Balaban J connectivity index is 0.000001000. The molecule has 0 saturated carbocycles. The lowest BCUT2D eigenvalue weighted by Crippen LogP contribution is -2.34. The van der Waals surface area contributed by atoms with Crippen LogP contribution in [0.25, 0.3) is 10.8 Å². The summed E-state index contributed by atoms with van der Waals surface area (Å²) in [6.45, 7) is 2.02. The van der Waals surface area contributed by atoms with Crippen LogP contribution >= 0.6 is 0 Å². The molecule has 3 rings (SSSR count). The van der Waals surface area contributed by atoms with Gasteiger partial charge >= 0.3 is 0 Å². The number of pyridine rings is 1. The van der Waals surface area contributed by atoms with Crippen molar-refractivity contribution in [3.05, 3.63) is 40.8 Å². The molecule has 1 fully saturated rings. The molecule has 6 N–H and O–H groups in total. The zero-order valence-electron chi connectivity index (χ0n) is 11.1. The third kappa shape index (κ3) is 3.36. The highest BCUT2D eigenvalue weighted by atomic mass is 16.5. The minimum Gasteiger partial charge on any atom is -0.490 e. The van der Waals surface area contributed by atoms with Gasteiger partial charge < -0.3 is 26.0 Å². The number of benzene rings is 1. The van der Waals surface area contributed by atoms with Crippen molar-refractivity contribution in [2.24, 2.45) is 0 Å². The number of nitrogens with one attached hydrogen (secondary N) is 2. The Morgan fingerprint density at radius 2 is 1.85 bits per heavy atom. The summed E-state index contributed by atoms with van der Waals surface area (Å²) in [6.07, 6.45) is 4.02. The third-order valence-corrected chi connectivity index (χ3v) is 3.33. The fourth-order valence-corrected chi connectivity index (χ4v) is 2.35. The Hall–Kier alpha value is -1.89. The summed E-state index contributed by atoms with van der Waals surface area (Å²) in [5.74, 6) is 0.847. The number of ether oxygens (including phenoxy) is 1. The normalized spacial score (nSPS) is 15.2. The monoisotopic (exact) mass is 280 g/mol. The summed E-state index contributed by atoms with van der Waals surface area (Å²) in [4.78, 5) is 14.2. The van der Waals surface area contributed by atoms with E-state index < -0.39 is 0 Å². The van der Waals surface area contributed by atoms with E-state index in [2.05, 4.69) is 10.3 Å². The molecule has 0 atom stereocenters. The molecule has 0 spiro atoms. The molecule has 6 heteroatoms. The van der Waals surface area contributed by atoms with Crippen LogP contribution in [0.2, 0.25) is 0 Å². The van der Waals surface area contributed by atoms with Crippen LogP contribution in [0.1, 0.15) is 12.8 Å². The minimum absolute atomic E-state index is 0. The lowest BCUT2D eigenvalue weighted by Gasteiger charge is -2.23. The highest BCUT2D eigenvalue weighted by molar-refractivity contribution is 5.82. The topological polar surface area (TPSA) is 117 Å². The average Bonchev–Trinajstić information content (AvgIpc) is 2.40. The van der Waals surface area contributed by atoms with E-state index in [0.29, 0.717) is 5.39 Å².